The van der Waals surface area contributed by atoms with Crippen molar-refractivity contribution in [1.82, 2.24) is 31.1 Å². The number of rotatable bonds is 28. The first-order chi connectivity index (χ1) is 30.1. The highest BCUT2D eigenvalue weighted by Gasteiger charge is 2.31. The molecule has 6 N–H and O–H groups in total. The van der Waals surface area contributed by atoms with Crippen LogP contribution in [-0.4, -0.2) is 145 Å². The van der Waals surface area contributed by atoms with Crippen LogP contribution in [0.15, 0.2) is 91.0 Å². The van der Waals surface area contributed by atoms with E-state index in [0.717, 1.165) is 16.7 Å². The molecule has 3 rings (SSSR count). The highest BCUT2D eigenvalue weighted by molar-refractivity contribution is 5.88. The van der Waals surface area contributed by atoms with Gasteiger partial charge < -0.3 is 30.2 Å². The Bertz CT molecular complexity index is 1660. The second-order valence-corrected chi connectivity index (χ2v) is 15.3. The fourth-order valence-corrected chi connectivity index (χ4v) is 6.42. The Labute approximate surface area is 368 Å². The van der Waals surface area contributed by atoms with Crippen LogP contribution >= 0.6 is 0 Å². The number of carbonyl (C=O) groups excluding carboxylic acids is 6. The standard InChI is InChI=1S/C45H62N6O12/c1-5-45(30-61-24-21-39(52)46-36(42(55)49(2)58)27-33-15-9-6-10-16-33,31-62-25-22-40(53)47-37(43(56)50(3)59)28-34-17-11-7-12-18-34)32-63-26-23-41(54)48-38(44(57)51(4)60)29-35-19-13-8-14-20-35/h6-20,36-38,58-60H,5,21-32H2,1-4H3,(H,46,52)(H,47,53)(H,48,54). The molecule has 0 heterocycles. The number of carbonyl (C=O) groups is 6. The molecular weight excluding hydrogens is 817 g/mol. The number of ether oxygens (including phenoxy) is 3. The Hall–Kier alpha value is -5.76. The number of hydrogen-bond donors (Lipinski definition) is 6. The molecule has 63 heavy (non-hydrogen) atoms. The SMILES string of the molecule is CCC(COCCC(=O)NC(Cc1ccccc1)C(=O)N(C)O)(COCCC(=O)NC(Cc1ccccc1)C(=O)N(C)O)COCCC(=O)NC(Cc1ccccc1)C(=O)N(C)O. The van der Waals surface area contributed by atoms with Gasteiger partial charge in [0, 0.05) is 65.1 Å². The summed E-state index contributed by atoms with van der Waals surface area (Å²) in [7, 11) is 3.55. The van der Waals surface area contributed by atoms with Crippen molar-refractivity contribution in [3.63, 3.8) is 0 Å². The van der Waals surface area contributed by atoms with Crippen LogP contribution in [0.2, 0.25) is 0 Å². The van der Waals surface area contributed by atoms with Crippen LogP contribution in [0.3, 0.4) is 0 Å². The van der Waals surface area contributed by atoms with E-state index in [4.69, 9.17) is 14.2 Å². The first kappa shape index (κ1) is 51.6. The molecule has 0 aliphatic rings. The van der Waals surface area contributed by atoms with Gasteiger partial charge in [0.1, 0.15) is 18.1 Å². The van der Waals surface area contributed by atoms with Crippen molar-refractivity contribution in [3.8, 4) is 0 Å². The molecule has 344 valence electrons. The monoisotopic (exact) mass is 878 g/mol. The van der Waals surface area contributed by atoms with Crippen LogP contribution in [0.25, 0.3) is 0 Å². The molecule has 3 unspecified atom stereocenters. The molecule has 0 saturated heterocycles. The summed E-state index contributed by atoms with van der Waals surface area (Å²) >= 11 is 0. The minimum absolute atomic E-state index is 0.0356. The summed E-state index contributed by atoms with van der Waals surface area (Å²) in [4.78, 5) is 77.0. The number of hydroxylamine groups is 6. The van der Waals surface area contributed by atoms with Crippen molar-refractivity contribution < 1.29 is 58.6 Å². The average Bonchev–Trinajstić information content (AvgIpc) is 3.27. The van der Waals surface area contributed by atoms with Crippen molar-refractivity contribution in [2.24, 2.45) is 5.41 Å². The molecule has 0 spiro atoms. The third kappa shape index (κ3) is 19.0. The molecule has 0 aliphatic heterocycles. The van der Waals surface area contributed by atoms with Gasteiger partial charge in [0.05, 0.1) is 39.6 Å². The first-order valence-electron chi connectivity index (χ1n) is 20.8. The van der Waals surface area contributed by atoms with Gasteiger partial charge in [-0.25, -0.2) is 15.2 Å². The highest BCUT2D eigenvalue weighted by atomic mass is 16.5. The number of likely N-dealkylation sites (N-methyl/N-ethyl adjacent to an activating group) is 3. The molecule has 18 heteroatoms. The molecule has 0 bridgehead atoms. The molecule has 6 amide bonds. The van der Waals surface area contributed by atoms with Crippen LogP contribution in [0.5, 0.6) is 0 Å². The van der Waals surface area contributed by atoms with Gasteiger partial charge in [-0.2, -0.15) is 0 Å². The van der Waals surface area contributed by atoms with E-state index in [0.29, 0.717) is 21.6 Å². The van der Waals surface area contributed by atoms with E-state index in [9.17, 15) is 44.4 Å². The zero-order valence-corrected chi connectivity index (χ0v) is 36.4. The van der Waals surface area contributed by atoms with E-state index in [1.54, 1.807) is 72.8 Å². The number of amides is 6. The average molecular weight is 879 g/mol. The summed E-state index contributed by atoms with van der Waals surface area (Å²) < 4.78 is 18.0. The maximum Gasteiger partial charge on any atom is 0.268 e. The van der Waals surface area contributed by atoms with Crippen molar-refractivity contribution in [2.75, 3.05) is 60.8 Å². The molecular formula is C45H62N6O12. The number of benzene rings is 3. The van der Waals surface area contributed by atoms with Crippen LogP contribution in [0, 0.1) is 5.41 Å². The van der Waals surface area contributed by atoms with Crippen LogP contribution < -0.4 is 16.0 Å². The molecule has 0 aliphatic carbocycles. The Morgan fingerprint density at radius 3 is 0.968 bits per heavy atom. The van der Waals surface area contributed by atoms with Crippen molar-refractivity contribution >= 4 is 35.4 Å². The summed E-state index contributed by atoms with van der Waals surface area (Å²) in [6.07, 6.45) is 0.568. The van der Waals surface area contributed by atoms with Gasteiger partial charge in [-0.1, -0.05) is 97.9 Å². The Morgan fingerprint density at radius 2 is 0.746 bits per heavy atom. The van der Waals surface area contributed by atoms with Gasteiger partial charge in [-0.05, 0) is 23.1 Å². The highest BCUT2D eigenvalue weighted by Crippen LogP contribution is 2.25. The maximum absolute atomic E-state index is 13.0. The van der Waals surface area contributed by atoms with Gasteiger partial charge in [-0.3, -0.25) is 44.4 Å². The lowest BCUT2D eigenvalue weighted by atomic mass is 9.88. The Morgan fingerprint density at radius 1 is 0.492 bits per heavy atom. The van der Waals surface area contributed by atoms with E-state index in [1.165, 1.54) is 21.1 Å². The van der Waals surface area contributed by atoms with Gasteiger partial charge in [0.25, 0.3) is 17.7 Å². The van der Waals surface area contributed by atoms with E-state index in [-0.39, 0.29) is 78.2 Å². The van der Waals surface area contributed by atoms with Crippen LogP contribution in [0.4, 0.5) is 0 Å². The Kier molecular flexibility index (Phi) is 22.4. The quantitative estimate of drug-likeness (QED) is 0.0351. The predicted octanol–water partition coefficient (Wildman–Crippen LogP) is 2.33. The Balaban J connectivity index is 1.62. The molecule has 0 saturated carbocycles. The van der Waals surface area contributed by atoms with Crippen LogP contribution in [0.1, 0.15) is 49.3 Å². The lowest BCUT2D eigenvalue weighted by Gasteiger charge is -2.32. The normalized spacial score (nSPS) is 13.4. The van der Waals surface area contributed by atoms with Gasteiger partial charge in [0.2, 0.25) is 17.7 Å². The van der Waals surface area contributed by atoms with Crippen molar-refractivity contribution in [1.29, 1.82) is 0 Å². The number of nitrogens with one attached hydrogen (secondary N) is 3. The molecule has 18 nitrogen and oxygen atoms in total. The first-order valence-corrected chi connectivity index (χ1v) is 20.8. The number of hydrogen-bond acceptors (Lipinski definition) is 12. The van der Waals surface area contributed by atoms with E-state index >= 15 is 0 Å². The third-order valence-corrected chi connectivity index (χ3v) is 10.1. The van der Waals surface area contributed by atoms with E-state index in [1.807, 2.05) is 25.1 Å². The molecule has 3 atom stereocenters. The molecule has 3 aromatic rings. The summed E-state index contributed by atoms with van der Waals surface area (Å²) in [5.41, 5.74) is 1.53. The zero-order chi connectivity index (χ0) is 46.2. The molecule has 0 radical (unpaired) electrons. The third-order valence-electron chi connectivity index (χ3n) is 10.1. The topological polar surface area (TPSA) is 237 Å². The van der Waals surface area contributed by atoms with Crippen molar-refractivity contribution in [3.05, 3.63) is 108 Å². The summed E-state index contributed by atoms with van der Waals surface area (Å²) in [6, 6.07) is 24.1. The fourth-order valence-electron chi connectivity index (χ4n) is 6.42. The summed E-state index contributed by atoms with van der Waals surface area (Å²) in [6.45, 7) is 1.84. The molecule has 0 fully saturated rings. The van der Waals surface area contributed by atoms with Gasteiger partial charge in [0.15, 0.2) is 0 Å². The second kappa shape index (κ2) is 27.3. The predicted molar refractivity (Wildman–Crippen MR) is 229 cm³/mol. The van der Waals surface area contributed by atoms with Gasteiger partial charge >= 0.3 is 0 Å². The van der Waals surface area contributed by atoms with Crippen molar-refractivity contribution in [2.45, 2.75) is 70.0 Å². The summed E-state index contributed by atoms with van der Waals surface area (Å²) in [5.74, 6) is -3.50. The molecule has 0 aromatic heterocycles. The van der Waals surface area contributed by atoms with Crippen LogP contribution in [-0.2, 0) is 62.2 Å². The largest absolute Gasteiger partial charge is 0.380 e. The maximum atomic E-state index is 13.0. The fraction of sp³-hybridized carbons (Fsp3) is 0.467. The number of nitrogens with zero attached hydrogens (tertiary/aromatic N) is 3. The smallest absolute Gasteiger partial charge is 0.268 e. The summed E-state index contributed by atoms with van der Waals surface area (Å²) in [5, 5.41) is 38.7. The lowest BCUT2D eigenvalue weighted by Crippen LogP contribution is -2.48. The van der Waals surface area contributed by atoms with Gasteiger partial charge in [-0.15, -0.1) is 0 Å². The second-order valence-electron chi connectivity index (χ2n) is 15.3. The zero-order valence-electron chi connectivity index (χ0n) is 36.4. The van der Waals surface area contributed by atoms with E-state index in [2.05, 4.69) is 16.0 Å². The minimum atomic E-state index is -1.02. The minimum Gasteiger partial charge on any atom is -0.380 e. The molecule has 3 aromatic carbocycles. The van der Waals surface area contributed by atoms with E-state index < -0.39 is 59.0 Å². The lowest BCUT2D eigenvalue weighted by molar-refractivity contribution is -0.162.